The predicted molar refractivity (Wildman–Crippen MR) is 106 cm³/mol. The van der Waals surface area contributed by atoms with E-state index >= 15 is 0 Å². The van der Waals surface area contributed by atoms with Crippen LogP contribution >= 0.6 is 34.5 Å². The Hall–Kier alpha value is -2.61. The molecule has 2 aromatic carbocycles. The first-order chi connectivity index (χ1) is 13.1. The predicted octanol–water partition coefficient (Wildman–Crippen LogP) is 4.91. The zero-order valence-electron chi connectivity index (χ0n) is 13.6. The number of amides is 1. The molecule has 0 saturated carbocycles. The van der Waals surface area contributed by atoms with Crippen LogP contribution in [0, 0.1) is 0 Å². The van der Waals surface area contributed by atoms with Crippen LogP contribution in [0.1, 0.15) is 20.4 Å². The van der Waals surface area contributed by atoms with E-state index in [2.05, 4.69) is 15.5 Å². The third kappa shape index (κ3) is 3.90. The molecule has 0 saturated heterocycles. The summed E-state index contributed by atoms with van der Waals surface area (Å²) in [7, 11) is 0. The van der Waals surface area contributed by atoms with Gasteiger partial charge in [0.15, 0.2) is 16.5 Å². The number of aromatic nitrogens is 2. The van der Waals surface area contributed by atoms with Crippen molar-refractivity contribution in [1.29, 1.82) is 0 Å². The molecule has 1 N–H and O–H groups in total. The molecule has 0 atom stereocenters. The number of para-hydroxylation sites is 1. The number of hydrogen-bond acceptors (Lipinski definition) is 6. The van der Waals surface area contributed by atoms with Crippen LogP contribution in [0.15, 0.2) is 42.5 Å². The van der Waals surface area contributed by atoms with E-state index in [4.69, 9.17) is 32.7 Å². The molecule has 1 aliphatic heterocycles. The fourth-order valence-corrected chi connectivity index (χ4v) is 3.60. The van der Waals surface area contributed by atoms with Crippen molar-refractivity contribution in [1.82, 2.24) is 10.2 Å². The molecule has 1 amide bonds. The Morgan fingerprint density at radius 3 is 2.74 bits per heavy atom. The van der Waals surface area contributed by atoms with Gasteiger partial charge in [0.05, 0.1) is 10.1 Å². The highest BCUT2D eigenvalue weighted by Crippen LogP contribution is 2.40. The number of anilines is 1. The maximum Gasteiger partial charge on any atom is 0.286 e. The highest BCUT2D eigenvalue weighted by Gasteiger charge is 2.19. The van der Waals surface area contributed by atoms with Gasteiger partial charge in [0.1, 0.15) is 0 Å². The Bertz CT molecular complexity index is 1040. The van der Waals surface area contributed by atoms with Crippen molar-refractivity contribution < 1.29 is 14.3 Å². The Labute approximate surface area is 168 Å². The molecule has 0 bridgehead atoms. The van der Waals surface area contributed by atoms with Crippen molar-refractivity contribution in [3.8, 4) is 11.5 Å². The Balaban J connectivity index is 1.53. The topological polar surface area (TPSA) is 73.3 Å². The molecule has 9 heteroatoms. The summed E-state index contributed by atoms with van der Waals surface area (Å²) in [5.41, 5.74) is 1.40. The summed E-state index contributed by atoms with van der Waals surface area (Å²) in [6, 6.07) is 12.6. The van der Waals surface area contributed by atoms with Crippen LogP contribution in [0.5, 0.6) is 11.5 Å². The van der Waals surface area contributed by atoms with E-state index in [9.17, 15) is 4.79 Å². The van der Waals surface area contributed by atoms with E-state index in [1.54, 1.807) is 30.3 Å². The van der Waals surface area contributed by atoms with Crippen molar-refractivity contribution in [3.05, 3.63) is 63.1 Å². The standard InChI is InChI=1S/C18H11Cl2N3O3S/c19-12-6-10(8-14-15(12)26-9-25-14)7-13(20)17-22-23-18(27-17)16(24)21-11-4-2-1-3-5-11/h1-8H,9H2,(H,21,24). The molecule has 136 valence electrons. The molecule has 6 nitrogen and oxygen atoms in total. The normalized spacial score (nSPS) is 12.9. The third-order valence-electron chi connectivity index (χ3n) is 3.60. The van der Waals surface area contributed by atoms with Gasteiger partial charge >= 0.3 is 0 Å². The number of ether oxygens (including phenoxy) is 2. The van der Waals surface area contributed by atoms with Gasteiger partial charge in [0, 0.05) is 5.69 Å². The van der Waals surface area contributed by atoms with Gasteiger partial charge in [0.2, 0.25) is 11.8 Å². The Morgan fingerprint density at radius 1 is 1.15 bits per heavy atom. The van der Waals surface area contributed by atoms with Crippen LogP contribution in [-0.2, 0) is 0 Å². The molecule has 1 aliphatic rings. The largest absolute Gasteiger partial charge is 0.454 e. The van der Waals surface area contributed by atoms with E-state index in [-0.39, 0.29) is 17.7 Å². The lowest BCUT2D eigenvalue weighted by atomic mass is 10.2. The van der Waals surface area contributed by atoms with Gasteiger partial charge in [-0.15, -0.1) is 10.2 Å². The molecule has 0 spiro atoms. The lowest BCUT2D eigenvalue weighted by Gasteiger charge is -2.02. The van der Waals surface area contributed by atoms with Crippen molar-refractivity contribution in [2.75, 3.05) is 12.1 Å². The minimum absolute atomic E-state index is 0.131. The summed E-state index contributed by atoms with van der Waals surface area (Å²) < 4.78 is 10.6. The molecular weight excluding hydrogens is 409 g/mol. The zero-order chi connectivity index (χ0) is 18.8. The van der Waals surface area contributed by atoms with Gasteiger partial charge in [-0.3, -0.25) is 4.79 Å². The molecule has 4 rings (SSSR count). The average molecular weight is 420 g/mol. The molecule has 0 radical (unpaired) electrons. The minimum Gasteiger partial charge on any atom is -0.454 e. The van der Waals surface area contributed by atoms with E-state index < -0.39 is 0 Å². The SMILES string of the molecule is O=C(Nc1ccccc1)c1nnc(C(Cl)=Cc2cc(Cl)c3c(c2)OCO3)s1. The summed E-state index contributed by atoms with van der Waals surface area (Å²) in [5.74, 6) is 0.722. The van der Waals surface area contributed by atoms with Crippen LogP contribution in [0.3, 0.4) is 0 Å². The molecule has 1 aromatic heterocycles. The summed E-state index contributed by atoms with van der Waals surface area (Å²) in [6.45, 7) is 0.131. The van der Waals surface area contributed by atoms with Gasteiger partial charge < -0.3 is 14.8 Å². The van der Waals surface area contributed by atoms with E-state index in [0.717, 1.165) is 16.9 Å². The first-order valence-corrected chi connectivity index (χ1v) is 9.34. The van der Waals surface area contributed by atoms with Crippen molar-refractivity contribution >= 4 is 57.2 Å². The third-order valence-corrected chi connectivity index (χ3v) is 5.23. The van der Waals surface area contributed by atoms with Gasteiger partial charge in [-0.05, 0) is 35.9 Å². The smallest absolute Gasteiger partial charge is 0.286 e. The molecular formula is C18H11Cl2N3O3S. The fourth-order valence-electron chi connectivity index (χ4n) is 2.40. The number of rotatable bonds is 4. The summed E-state index contributed by atoms with van der Waals surface area (Å²) in [6.07, 6.45) is 1.68. The second-order valence-corrected chi connectivity index (χ2v) is 7.25. The Morgan fingerprint density at radius 2 is 1.93 bits per heavy atom. The van der Waals surface area contributed by atoms with Crippen molar-refractivity contribution in [3.63, 3.8) is 0 Å². The summed E-state index contributed by atoms with van der Waals surface area (Å²) in [5, 5.41) is 12.1. The fraction of sp³-hybridized carbons (Fsp3) is 0.0556. The lowest BCUT2D eigenvalue weighted by molar-refractivity contribution is 0.102. The maximum absolute atomic E-state index is 12.3. The summed E-state index contributed by atoms with van der Waals surface area (Å²) in [4.78, 5) is 12.3. The highest BCUT2D eigenvalue weighted by molar-refractivity contribution is 7.15. The van der Waals surface area contributed by atoms with Gasteiger partial charge in [-0.2, -0.15) is 0 Å². The first-order valence-electron chi connectivity index (χ1n) is 7.77. The number of benzene rings is 2. The number of nitrogens with one attached hydrogen (secondary N) is 1. The second kappa shape index (κ2) is 7.56. The van der Waals surface area contributed by atoms with Crippen LogP contribution in [-0.4, -0.2) is 22.9 Å². The van der Waals surface area contributed by atoms with Gasteiger partial charge in [-0.25, -0.2) is 0 Å². The van der Waals surface area contributed by atoms with Crippen LogP contribution < -0.4 is 14.8 Å². The average Bonchev–Trinajstić information content (AvgIpc) is 3.32. The lowest BCUT2D eigenvalue weighted by Crippen LogP contribution is -2.11. The van der Waals surface area contributed by atoms with Crippen LogP contribution in [0.25, 0.3) is 11.1 Å². The highest BCUT2D eigenvalue weighted by atomic mass is 35.5. The molecule has 2 heterocycles. The number of nitrogens with zero attached hydrogens (tertiary/aromatic N) is 2. The number of carbonyl (C=O) groups is 1. The Kier molecular flexibility index (Phi) is 4.98. The van der Waals surface area contributed by atoms with E-state index in [1.165, 1.54) is 0 Å². The van der Waals surface area contributed by atoms with E-state index in [0.29, 0.717) is 32.2 Å². The van der Waals surface area contributed by atoms with Gasteiger partial charge in [0.25, 0.3) is 5.91 Å². The monoisotopic (exact) mass is 419 g/mol. The number of carbonyl (C=O) groups excluding carboxylic acids is 1. The van der Waals surface area contributed by atoms with Crippen LogP contribution in [0.4, 0.5) is 5.69 Å². The molecule has 27 heavy (non-hydrogen) atoms. The molecule has 0 unspecified atom stereocenters. The first kappa shape index (κ1) is 17.8. The second-order valence-electron chi connectivity index (χ2n) is 5.46. The quantitative estimate of drug-likeness (QED) is 0.650. The number of halogens is 2. The zero-order valence-corrected chi connectivity index (χ0v) is 15.9. The molecule has 3 aromatic rings. The molecule has 0 fully saturated rings. The number of fused-ring (bicyclic) bond motifs is 1. The summed E-state index contributed by atoms with van der Waals surface area (Å²) >= 11 is 13.6. The molecule has 0 aliphatic carbocycles. The van der Waals surface area contributed by atoms with Crippen LogP contribution in [0.2, 0.25) is 5.02 Å². The maximum atomic E-state index is 12.3. The van der Waals surface area contributed by atoms with E-state index in [1.807, 2.05) is 18.2 Å². The minimum atomic E-state index is -0.347. The number of hydrogen-bond donors (Lipinski definition) is 1. The van der Waals surface area contributed by atoms with Crippen molar-refractivity contribution in [2.45, 2.75) is 0 Å². The van der Waals surface area contributed by atoms with Crippen molar-refractivity contribution in [2.24, 2.45) is 0 Å². The van der Waals surface area contributed by atoms with Gasteiger partial charge in [-0.1, -0.05) is 52.7 Å².